The molecule has 6 nitrogen and oxygen atoms in total. The van der Waals surface area contributed by atoms with E-state index in [0.717, 1.165) is 4.47 Å². The van der Waals surface area contributed by atoms with Crippen LogP contribution >= 0.6 is 31.9 Å². The maximum Gasteiger partial charge on any atom is 0.305 e. The molecule has 1 atom stereocenters. The molecule has 1 heterocycles. The molecule has 21 heavy (non-hydrogen) atoms. The molecule has 1 aliphatic heterocycles. The maximum atomic E-state index is 12.6. The first kappa shape index (κ1) is 16.0. The molecule has 1 fully saturated rings. The third-order valence-electron chi connectivity index (χ3n) is 3.12. The van der Waals surface area contributed by atoms with Gasteiger partial charge in [-0.1, -0.05) is 15.9 Å². The van der Waals surface area contributed by atoms with Crippen molar-refractivity contribution in [3.63, 3.8) is 0 Å². The number of nitrogens with one attached hydrogen (secondary N) is 1. The predicted octanol–water partition coefficient (Wildman–Crippen LogP) is 1.63. The van der Waals surface area contributed by atoms with Crippen LogP contribution in [0.25, 0.3) is 0 Å². The minimum Gasteiger partial charge on any atom is -0.481 e. The zero-order chi connectivity index (χ0) is 15.6. The van der Waals surface area contributed by atoms with E-state index in [1.54, 1.807) is 18.2 Å². The third kappa shape index (κ3) is 3.62. The molecule has 1 unspecified atom stereocenters. The number of carboxylic acid groups (broad SMARTS) is 1. The molecule has 1 aliphatic rings. The lowest BCUT2D eigenvalue weighted by molar-refractivity contribution is -0.142. The summed E-state index contributed by atoms with van der Waals surface area (Å²) in [4.78, 5) is 36.7. The van der Waals surface area contributed by atoms with Gasteiger partial charge in [0, 0.05) is 22.0 Å². The van der Waals surface area contributed by atoms with Crippen LogP contribution in [0.15, 0.2) is 27.1 Å². The molecule has 1 aromatic carbocycles. The molecule has 2 rings (SSSR count). The van der Waals surface area contributed by atoms with Crippen molar-refractivity contribution in [1.29, 1.82) is 0 Å². The second-order valence-electron chi connectivity index (χ2n) is 4.53. The number of hydrogen-bond donors (Lipinski definition) is 2. The maximum absolute atomic E-state index is 12.6. The van der Waals surface area contributed by atoms with Gasteiger partial charge in [-0.05, 0) is 34.1 Å². The first-order valence-electron chi connectivity index (χ1n) is 6.15. The lowest BCUT2D eigenvalue weighted by Crippen LogP contribution is -2.57. The minimum absolute atomic E-state index is 0.279. The number of aliphatic carboxylic acids is 1. The minimum atomic E-state index is -1.12. The van der Waals surface area contributed by atoms with Gasteiger partial charge in [0.25, 0.3) is 5.91 Å². The molecular weight excluding hydrogens is 408 g/mol. The summed E-state index contributed by atoms with van der Waals surface area (Å²) in [5.41, 5.74) is 0.384. The average Bonchev–Trinajstić information content (AvgIpc) is 2.42. The average molecular weight is 420 g/mol. The summed E-state index contributed by atoms with van der Waals surface area (Å²) in [6, 6.07) is 4.14. The molecule has 1 saturated heterocycles. The number of hydrogen-bond acceptors (Lipinski definition) is 3. The zero-order valence-electron chi connectivity index (χ0n) is 10.8. The summed E-state index contributed by atoms with van der Waals surface area (Å²) < 4.78 is 1.32. The van der Waals surface area contributed by atoms with Crippen LogP contribution < -0.4 is 5.32 Å². The number of carbonyl (C=O) groups is 3. The van der Waals surface area contributed by atoms with Gasteiger partial charge in [0.1, 0.15) is 6.04 Å². The van der Waals surface area contributed by atoms with Gasteiger partial charge in [-0.2, -0.15) is 0 Å². The smallest absolute Gasteiger partial charge is 0.305 e. The molecule has 1 aromatic rings. The Morgan fingerprint density at radius 1 is 1.38 bits per heavy atom. The number of halogens is 2. The van der Waals surface area contributed by atoms with Crippen LogP contribution in [0.5, 0.6) is 0 Å². The van der Waals surface area contributed by atoms with Gasteiger partial charge in [-0.15, -0.1) is 0 Å². The van der Waals surface area contributed by atoms with Crippen LogP contribution in [0.4, 0.5) is 0 Å². The fourth-order valence-electron chi connectivity index (χ4n) is 2.14. The van der Waals surface area contributed by atoms with Crippen LogP contribution in [-0.2, 0) is 9.59 Å². The van der Waals surface area contributed by atoms with Crippen molar-refractivity contribution >= 4 is 49.6 Å². The number of carbonyl (C=O) groups excluding carboxylic acids is 2. The zero-order valence-corrected chi connectivity index (χ0v) is 14.0. The van der Waals surface area contributed by atoms with Crippen molar-refractivity contribution in [2.24, 2.45) is 0 Å². The predicted molar refractivity (Wildman–Crippen MR) is 81.9 cm³/mol. The van der Waals surface area contributed by atoms with Gasteiger partial charge in [0.05, 0.1) is 12.0 Å². The Hall–Kier alpha value is -1.41. The molecule has 8 heteroatoms. The Bertz CT molecular complexity index is 606. The second kappa shape index (κ2) is 6.57. The van der Waals surface area contributed by atoms with E-state index in [0.29, 0.717) is 16.6 Å². The molecule has 0 aromatic heterocycles. The third-order valence-corrected chi connectivity index (χ3v) is 4.30. The van der Waals surface area contributed by atoms with Crippen molar-refractivity contribution in [2.75, 3.05) is 13.1 Å². The monoisotopic (exact) mass is 418 g/mol. The van der Waals surface area contributed by atoms with Gasteiger partial charge in [-0.3, -0.25) is 14.4 Å². The molecule has 112 valence electrons. The summed E-state index contributed by atoms with van der Waals surface area (Å²) in [5.74, 6) is -1.93. The number of piperazine rings is 1. The standard InChI is InChI=1S/C13H12Br2N2O4/c14-7-1-2-9(15)8(5-7)13(21)17-4-3-16-12(20)10(17)6-11(18)19/h1-2,5,10H,3-4,6H2,(H,16,20)(H,18,19). The molecule has 0 spiro atoms. The Balaban J connectivity index is 2.32. The van der Waals surface area contributed by atoms with Crippen molar-refractivity contribution in [3.8, 4) is 0 Å². The van der Waals surface area contributed by atoms with E-state index in [4.69, 9.17) is 5.11 Å². The van der Waals surface area contributed by atoms with E-state index < -0.39 is 24.3 Å². The van der Waals surface area contributed by atoms with E-state index in [-0.39, 0.29) is 12.5 Å². The molecule has 0 saturated carbocycles. The number of nitrogens with zero attached hydrogens (tertiary/aromatic N) is 1. The molecule has 0 bridgehead atoms. The highest BCUT2D eigenvalue weighted by atomic mass is 79.9. The van der Waals surface area contributed by atoms with Crippen molar-refractivity contribution in [3.05, 3.63) is 32.7 Å². The van der Waals surface area contributed by atoms with Crippen LogP contribution in [0, 0.1) is 0 Å². The van der Waals surface area contributed by atoms with E-state index in [9.17, 15) is 14.4 Å². The normalized spacial score (nSPS) is 18.3. The summed E-state index contributed by atoms with van der Waals surface area (Å²) in [6.45, 7) is 0.591. The molecule has 2 N–H and O–H groups in total. The molecule has 2 amide bonds. The van der Waals surface area contributed by atoms with E-state index in [1.807, 2.05) is 0 Å². The fraction of sp³-hybridized carbons (Fsp3) is 0.308. The second-order valence-corrected chi connectivity index (χ2v) is 6.30. The topological polar surface area (TPSA) is 86.7 Å². The van der Waals surface area contributed by atoms with Gasteiger partial charge in [0.2, 0.25) is 5.91 Å². The Morgan fingerprint density at radius 3 is 2.76 bits per heavy atom. The van der Waals surface area contributed by atoms with Crippen LogP contribution in [-0.4, -0.2) is 46.9 Å². The highest BCUT2D eigenvalue weighted by molar-refractivity contribution is 9.11. The largest absolute Gasteiger partial charge is 0.481 e. The van der Waals surface area contributed by atoms with E-state index in [1.165, 1.54) is 4.90 Å². The molecule has 0 aliphatic carbocycles. The number of rotatable bonds is 3. The highest BCUT2D eigenvalue weighted by Crippen LogP contribution is 2.24. The van der Waals surface area contributed by atoms with Gasteiger partial charge >= 0.3 is 5.97 Å². The lowest BCUT2D eigenvalue weighted by atomic mass is 10.1. The summed E-state index contributed by atoms with van der Waals surface area (Å²) in [6.07, 6.45) is -0.413. The van der Waals surface area contributed by atoms with Crippen molar-refractivity contribution in [1.82, 2.24) is 10.2 Å². The number of amides is 2. The summed E-state index contributed by atoms with van der Waals surface area (Å²) in [7, 11) is 0. The Labute approximate surface area is 137 Å². The first-order chi connectivity index (χ1) is 9.90. The number of carboxylic acids is 1. The summed E-state index contributed by atoms with van der Waals surface area (Å²) >= 11 is 6.59. The van der Waals surface area contributed by atoms with Crippen LogP contribution in [0.2, 0.25) is 0 Å². The van der Waals surface area contributed by atoms with Crippen LogP contribution in [0.1, 0.15) is 16.8 Å². The summed E-state index contributed by atoms with van der Waals surface area (Å²) in [5, 5.41) is 11.5. The van der Waals surface area contributed by atoms with Crippen LogP contribution in [0.3, 0.4) is 0 Å². The number of benzene rings is 1. The SMILES string of the molecule is O=C(O)CC1C(=O)NCCN1C(=O)c1cc(Br)ccc1Br. The molecule has 0 radical (unpaired) electrons. The van der Waals surface area contributed by atoms with Crippen molar-refractivity contribution < 1.29 is 19.5 Å². The quantitative estimate of drug-likeness (QED) is 0.779. The van der Waals surface area contributed by atoms with Gasteiger partial charge in [0.15, 0.2) is 0 Å². The van der Waals surface area contributed by atoms with E-state index in [2.05, 4.69) is 37.2 Å². The van der Waals surface area contributed by atoms with Gasteiger partial charge < -0.3 is 15.3 Å². The van der Waals surface area contributed by atoms with Gasteiger partial charge in [-0.25, -0.2) is 0 Å². The van der Waals surface area contributed by atoms with Crippen molar-refractivity contribution in [2.45, 2.75) is 12.5 Å². The fourth-order valence-corrected chi connectivity index (χ4v) is 2.92. The lowest BCUT2D eigenvalue weighted by Gasteiger charge is -2.34. The Morgan fingerprint density at radius 2 is 2.10 bits per heavy atom. The Kier molecular flexibility index (Phi) is 5.00. The highest BCUT2D eigenvalue weighted by Gasteiger charge is 2.35. The molecular formula is C13H12Br2N2O4. The first-order valence-corrected chi connectivity index (χ1v) is 7.74. The van der Waals surface area contributed by atoms with E-state index >= 15 is 0 Å².